The molecule has 0 radical (unpaired) electrons. The molecule has 0 saturated heterocycles. The monoisotopic (exact) mass is 570 g/mol. The van der Waals surface area contributed by atoms with Crippen LogP contribution >= 0.6 is 0 Å². The summed E-state index contributed by atoms with van der Waals surface area (Å²) in [5.74, 6) is -8.30. The number of halogens is 12. The van der Waals surface area contributed by atoms with Crippen molar-refractivity contribution in [2.24, 2.45) is 0 Å². The van der Waals surface area contributed by atoms with Gasteiger partial charge in [-0.3, -0.25) is 4.79 Å². The maximum absolute atomic E-state index is 13.4. The van der Waals surface area contributed by atoms with Crippen LogP contribution in [0, 0.1) is 0 Å². The van der Waals surface area contributed by atoms with Gasteiger partial charge in [0.2, 0.25) is 5.78 Å². The van der Waals surface area contributed by atoms with Gasteiger partial charge >= 0.3 is 36.6 Å². The van der Waals surface area contributed by atoms with Crippen molar-refractivity contribution in [2.75, 3.05) is 0 Å². The lowest BCUT2D eigenvalue weighted by molar-refractivity contribution is -0.232. The molecule has 0 spiro atoms. The second-order valence-corrected chi connectivity index (χ2v) is 7.14. The molecular formula is C21H10F12O5. The molecule has 0 saturated carbocycles. The largest absolute Gasteiger partial charge is 0.441 e. The molecule has 208 valence electrons. The topological polar surface area (TPSA) is 69.7 Å². The predicted octanol–water partition coefficient (Wildman–Crippen LogP) is 6.17. The number of carbonyl (C=O) groups excluding carboxylic acids is 3. The highest BCUT2D eigenvalue weighted by atomic mass is 19.4. The first kappa shape index (κ1) is 30.4. The van der Waals surface area contributed by atoms with Crippen molar-refractivity contribution in [2.45, 2.75) is 36.9 Å². The van der Waals surface area contributed by atoms with Crippen molar-refractivity contribution >= 4 is 17.7 Å². The maximum atomic E-state index is 13.4. The van der Waals surface area contributed by atoms with Crippen LogP contribution < -0.4 is 0 Å². The fourth-order valence-electron chi connectivity index (χ4n) is 2.87. The van der Waals surface area contributed by atoms with E-state index in [2.05, 4.69) is 9.47 Å². The summed E-state index contributed by atoms with van der Waals surface area (Å²) in [6, 6.07) is 3.94. The van der Waals surface area contributed by atoms with E-state index in [0.717, 1.165) is 12.1 Å². The highest BCUT2D eigenvalue weighted by molar-refractivity contribution is 5.98. The molecule has 2 atom stereocenters. The predicted molar refractivity (Wildman–Crippen MR) is 98.4 cm³/mol. The van der Waals surface area contributed by atoms with Gasteiger partial charge in [0, 0.05) is 0 Å². The number of Topliss-reactive ketones (excluding diaryl/α,β-unsaturated/α-hetero) is 1. The van der Waals surface area contributed by atoms with E-state index in [-0.39, 0.29) is 12.1 Å². The van der Waals surface area contributed by atoms with Crippen LogP contribution in [0.25, 0.3) is 0 Å². The number of ketones is 1. The zero-order valence-corrected chi connectivity index (χ0v) is 17.9. The molecule has 38 heavy (non-hydrogen) atoms. The highest BCUT2D eigenvalue weighted by Crippen LogP contribution is 2.36. The summed E-state index contributed by atoms with van der Waals surface area (Å²) in [5, 5.41) is 0. The molecular weight excluding hydrogens is 560 g/mol. The third kappa shape index (κ3) is 7.16. The minimum atomic E-state index is -6.19. The van der Waals surface area contributed by atoms with E-state index in [1.807, 2.05) is 0 Å². The minimum Gasteiger partial charge on any atom is -0.441 e. The Morgan fingerprint density at radius 2 is 0.816 bits per heavy atom. The quantitative estimate of drug-likeness (QED) is 0.307. The number of hydrogen-bond acceptors (Lipinski definition) is 5. The summed E-state index contributed by atoms with van der Waals surface area (Å²) >= 11 is 0. The van der Waals surface area contributed by atoms with Gasteiger partial charge in [-0.05, 0) is 24.3 Å². The van der Waals surface area contributed by atoms with E-state index >= 15 is 0 Å². The molecule has 17 heteroatoms. The van der Waals surface area contributed by atoms with E-state index < -0.39 is 76.9 Å². The first-order valence-corrected chi connectivity index (χ1v) is 9.57. The summed E-state index contributed by atoms with van der Waals surface area (Å²) in [5.41, 5.74) is -6.94. The van der Waals surface area contributed by atoms with Crippen molar-refractivity contribution in [3.63, 3.8) is 0 Å². The van der Waals surface area contributed by atoms with Gasteiger partial charge in [0.05, 0.1) is 22.3 Å². The third-order valence-corrected chi connectivity index (χ3v) is 4.47. The summed E-state index contributed by atoms with van der Waals surface area (Å²) < 4.78 is 166. The molecule has 0 bridgehead atoms. The molecule has 5 nitrogen and oxygen atoms in total. The molecule has 2 rings (SSSR count). The van der Waals surface area contributed by atoms with E-state index in [4.69, 9.17) is 0 Å². The van der Waals surface area contributed by atoms with Crippen molar-refractivity contribution in [1.29, 1.82) is 0 Å². The number of esters is 2. The Labute approximate surface area is 202 Å². The van der Waals surface area contributed by atoms with Gasteiger partial charge < -0.3 is 9.47 Å². The molecule has 0 amide bonds. The van der Waals surface area contributed by atoms with E-state index in [0.29, 0.717) is 24.3 Å². The number of carbonyl (C=O) groups is 3. The zero-order chi connectivity index (χ0) is 29.3. The summed E-state index contributed by atoms with van der Waals surface area (Å²) in [4.78, 5) is 36.3. The summed E-state index contributed by atoms with van der Waals surface area (Å²) in [6.45, 7) is 0. The number of alkyl halides is 12. The van der Waals surface area contributed by atoms with Crippen molar-refractivity contribution in [3.8, 4) is 0 Å². The molecule has 0 N–H and O–H groups in total. The number of rotatable bonds is 6. The van der Waals surface area contributed by atoms with Crippen LogP contribution in [0.3, 0.4) is 0 Å². The molecule has 0 aliphatic rings. The Morgan fingerprint density at radius 3 is 1.08 bits per heavy atom. The van der Waals surface area contributed by atoms with Crippen LogP contribution in [0.1, 0.15) is 31.8 Å². The fraction of sp³-hybridized carbons (Fsp3) is 0.286. The third-order valence-electron chi connectivity index (χ3n) is 4.47. The SMILES string of the molecule is O=C(OC(C(=O)C(OC(=O)c1ccccc1C(F)(F)F)C(F)(F)F)C(F)(F)F)c1ccccc1C(F)(F)F. The Kier molecular flexibility index (Phi) is 8.43. The lowest BCUT2D eigenvalue weighted by atomic mass is 10.1. The molecule has 0 fully saturated rings. The first-order chi connectivity index (χ1) is 17.2. The summed E-state index contributed by atoms with van der Waals surface area (Å²) in [6.07, 6.45) is -32.0. The lowest BCUT2D eigenvalue weighted by Gasteiger charge is -2.26. The Morgan fingerprint density at radius 1 is 0.526 bits per heavy atom. The molecule has 2 aromatic rings. The molecule has 0 aromatic heterocycles. The number of ether oxygens (including phenoxy) is 2. The Bertz CT molecular complexity index is 1100. The Balaban J connectivity index is 2.47. The smallest absolute Gasteiger partial charge is 0.433 e. The van der Waals surface area contributed by atoms with Gasteiger partial charge in [0.1, 0.15) is 0 Å². The van der Waals surface area contributed by atoms with Gasteiger partial charge in [-0.2, -0.15) is 52.7 Å². The molecule has 0 aliphatic heterocycles. The van der Waals surface area contributed by atoms with E-state index in [1.165, 1.54) is 0 Å². The van der Waals surface area contributed by atoms with Crippen LogP contribution in [0.5, 0.6) is 0 Å². The fourth-order valence-corrected chi connectivity index (χ4v) is 2.87. The lowest BCUT2D eigenvalue weighted by Crippen LogP contribution is -2.52. The van der Waals surface area contributed by atoms with Gasteiger partial charge in [-0.1, -0.05) is 24.3 Å². The summed E-state index contributed by atoms with van der Waals surface area (Å²) in [7, 11) is 0. The average molecular weight is 570 g/mol. The van der Waals surface area contributed by atoms with Crippen molar-refractivity contribution in [1.82, 2.24) is 0 Å². The van der Waals surface area contributed by atoms with Crippen LogP contribution in [0.15, 0.2) is 48.5 Å². The number of hydrogen-bond donors (Lipinski definition) is 0. The minimum absolute atomic E-state index is 0.222. The highest BCUT2D eigenvalue weighted by Gasteiger charge is 2.59. The first-order valence-electron chi connectivity index (χ1n) is 9.57. The van der Waals surface area contributed by atoms with Crippen LogP contribution in [0.2, 0.25) is 0 Å². The van der Waals surface area contributed by atoms with Gasteiger partial charge in [-0.15, -0.1) is 0 Å². The number of benzene rings is 2. The zero-order valence-electron chi connectivity index (χ0n) is 17.9. The van der Waals surface area contributed by atoms with Crippen LogP contribution in [-0.4, -0.2) is 42.3 Å². The average Bonchev–Trinajstić information content (AvgIpc) is 2.77. The molecule has 0 heterocycles. The second-order valence-electron chi connectivity index (χ2n) is 7.14. The van der Waals surface area contributed by atoms with Crippen molar-refractivity contribution in [3.05, 3.63) is 70.8 Å². The Hall–Kier alpha value is -3.79. The molecule has 2 aromatic carbocycles. The van der Waals surface area contributed by atoms with E-state index in [9.17, 15) is 67.1 Å². The van der Waals surface area contributed by atoms with E-state index in [1.54, 1.807) is 0 Å². The van der Waals surface area contributed by atoms with Gasteiger partial charge in [0.15, 0.2) is 0 Å². The molecule has 2 unspecified atom stereocenters. The van der Waals surface area contributed by atoms with Crippen LogP contribution in [-0.2, 0) is 26.6 Å². The second kappa shape index (κ2) is 10.5. The van der Waals surface area contributed by atoms with Gasteiger partial charge in [0.25, 0.3) is 12.2 Å². The van der Waals surface area contributed by atoms with Gasteiger partial charge in [-0.25, -0.2) is 9.59 Å². The maximum Gasteiger partial charge on any atom is 0.433 e. The molecule has 0 aliphatic carbocycles. The standard InChI is InChI=1S/C21H10F12O5/c22-18(23,24)11-7-3-1-5-9(11)16(35)37-14(20(28,29)30)13(34)15(21(31,32)33)38-17(36)10-6-2-4-8-12(10)19(25,26)27/h1-8,14-15H. The van der Waals surface area contributed by atoms with Crippen molar-refractivity contribution < 1.29 is 76.5 Å². The van der Waals surface area contributed by atoms with Crippen LogP contribution in [0.4, 0.5) is 52.7 Å². The normalized spacial score (nSPS) is 14.4.